The zero-order valence-electron chi connectivity index (χ0n) is 10.1. The van der Waals surface area contributed by atoms with Crippen molar-refractivity contribution in [2.75, 3.05) is 0 Å². The summed E-state index contributed by atoms with van der Waals surface area (Å²) in [7, 11) is 0. The molecule has 0 bridgehead atoms. The normalized spacial score (nSPS) is 11.4. The standard InChI is InChI=1S/C15H12F3O/c1-2-11-5-3-6-12(9-11)13-7-4-8-14(10-13)19-15(16,17)18/h3-10H,1-2H2. The average Bonchev–Trinajstić information content (AvgIpc) is 2.37. The molecule has 0 aromatic heterocycles. The maximum absolute atomic E-state index is 12.2. The number of ether oxygens (including phenoxy) is 1. The molecule has 2 rings (SSSR count). The molecular formula is C15H12F3O. The maximum atomic E-state index is 12.2. The fraction of sp³-hybridized carbons (Fsp3) is 0.133. The van der Waals surface area contributed by atoms with E-state index in [1.54, 1.807) is 6.07 Å². The topological polar surface area (TPSA) is 9.23 Å². The third-order valence-corrected chi connectivity index (χ3v) is 2.62. The van der Waals surface area contributed by atoms with Crippen LogP contribution in [0.25, 0.3) is 11.1 Å². The molecule has 0 atom stereocenters. The van der Waals surface area contributed by atoms with Crippen LogP contribution in [0.15, 0.2) is 48.5 Å². The van der Waals surface area contributed by atoms with Gasteiger partial charge in [0.05, 0.1) is 0 Å². The summed E-state index contributed by atoms with van der Waals surface area (Å²) in [5, 5.41) is 0. The third-order valence-electron chi connectivity index (χ3n) is 2.62. The van der Waals surface area contributed by atoms with Crippen molar-refractivity contribution in [1.82, 2.24) is 0 Å². The molecule has 1 radical (unpaired) electrons. The van der Waals surface area contributed by atoms with E-state index in [-0.39, 0.29) is 5.75 Å². The Kier molecular flexibility index (Phi) is 3.79. The molecule has 1 nitrogen and oxygen atoms in total. The number of alkyl halides is 3. The Labute approximate surface area is 109 Å². The van der Waals surface area contributed by atoms with E-state index in [0.717, 1.165) is 11.1 Å². The highest BCUT2D eigenvalue weighted by molar-refractivity contribution is 5.65. The summed E-state index contributed by atoms with van der Waals surface area (Å²) in [5.41, 5.74) is 2.55. The molecule has 2 aromatic rings. The van der Waals surface area contributed by atoms with Crippen LogP contribution in [0.3, 0.4) is 0 Å². The van der Waals surface area contributed by atoms with E-state index in [1.807, 2.05) is 24.3 Å². The molecule has 0 saturated heterocycles. The first-order valence-corrected chi connectivity index (χ1v) is 5.72. The van der Waals surface area contributed by atoms with Crippen LogP contribution in [-0.2, 0) is 6.42 Å². The fourth-order valence-corrected chi connectivity index (χ4v) is 1.78. The van der Waals surface area contributed by atoms with E-state index in [2.05, 4.69) is 11.7 Å². The van der Waals surface area contributed by atoms with Gasteiger partial charge in [-0.25, -0.2) is 0 Å². The molecule has 0 spiro atoms. The summed E-state index contributed by atoms with van der Waals surface area (Å²) in [4.78, 5) is 0. The molecule has 0 aliphatic carbocycles. The molecule has 0 aliphatic rings. The summed E-state index contributed by atoms with van der Waals surface area (Å²) in [6.45, 7) is 3.78. The lowest BCUT2D eigenvalue weighted by atomic mass is 10.0. The van der Waals surface area contributed by atoms with Gasteiger partial charge in [-0.3, -0.25) is 0 Å². The molecule has 0 fully saturated rings. The lowest BCUT2D eigenvalue weighted by Gasteiger charge is -2.10. The van der Waals surface area contributed by atoms with Gasteiger partial charge in [-0.15, -0.1) is 13.2 Å². The highest BCUT2D eigenvalue weighted by Crippen LogP contribution is 2.28. The first-order valence-electron chi connectivity index (χ1n) is 5.72. The van der Waals surface area contributed by atoms with Gasteiger partial charge in [-0.05, 0) is 42.2 Å². The van der Waals surface area contributed by atoms with Crippen LogP contribution in [0.4, 0.5) is 13.2 Å². The molecule has 4 heteroatoms. The van der Waals surface area contributed by atoms with Gasteiger partial charge in [0.1, 0.15) is 5.75 Å². The number of hydrogen-bond acceptors (Lipinski definition) is 1. The van der Waals surface area contributed by atoms with Crippen LogP contribution in [0.2, 0.25) is 0 Å². The van der Waals surface area contributed by atoms with Crippen LogP contribution >= 0.6 is 0 Å². The van der Waals surface area contributed by atoms with Crippen molar-refractivity contribution in [3.63, 3.8) is 0 Å². The molecule has 2 aromatic carbocycles. The minimum Gasteiger partial charge on any atom is -0.406 e. The molecule has 19 heavy (non-hydrogen) atoms. The van der Waals surface area contributed by atoms with Gasteiger partial charge in [0.25, 0.3) is 0 Å². The van der Waals surface area contributed by atoms with Gasteiger partial charge < -0.3 is 4.74 Å². The SMILES string of the molecule is [CH2]Cc1cccc(-c2cccc(OC(F)(F)F)c2)c1. The summed E-state index contributed by atoms with van der Waals surface area (Å²) in [5.74, 6) is -0.218. The van der Waals surface area contributed by atoms with Crippen LogP contribution < -0.4 is 4.74 Å². The highest BCUT2D eigenvalue weighted by atomic mass is 19.4. The maximum Gasteiger partial charge on any atom is 0.573 e. The lowest BCUT2D eigenvalue weighted by Crippen LogP contribution is -2.17. The molecule has 0 unspecified atom stereocenters. The van der Waals surface area contributed by atoms with E-state index in [9.17, 15) is 13.2 Å². The van der Waals surface area contributed by atoms with E-state index in [4.69, 9.17) is 0 Å². The van der Waals surface area contributed by atoms with Crippen molar-refractivity contribution in [1.29, 1.82) is 0 Å². The molecule has 0 saturated carbocycles. The smallest absolute Gasteiger partial charge is 0.406 e. The molecule has 0 aliphatic heterocycles. The second-order valence-corrected chi connectivity index (χ2v) is 4.03. The number of benzene rings is 2. The highest BCUT2D eigenvalue weighted by Gasteiger charge is 2.31. The Morgan fingerprint density at radius 1 is 0.947 bits per heavy atom. The van der Waals surface area contributed by atoms with Gasteiger partial charge in [-0.2, -0.15) is 0 Å². The van der Waals surface area contributed by atoms with E-state index in [0.29, 0.717) is 12.0 Å². The summed E-state index contributed by atoms with van der Waals surface area (Å²) in [6.07, 6.45) is -4.04. The van der Waals surface area contributed by atoms with Crippen LogP contribution in [0, 0.1) is 6.92 Å². The minimum absolute atomic E-state index is 0.218. The van der Waals surface area contributed by atoms with Crippen molar-refractivity contribution in [2.45, 2.75) is 12.8 Å². The van der Waals surface area contributed by atoms with E-state index < -0.39 is 6.36 Å². The molecule has 0 amide bonds. The fourth-order valence-electron chi connectivity index (χ4n) is 1.78. The van der Waals surface area contributed by atoms with Crippen LogP contribution in [0.5, 0.6) is 5.75 Å². The van der Waals surface area contributed by atoms with Crippen molar-refractivity contribution >= 4 is 0 Å². The molecule has 99 valence electrons. The van der Waals surface area contributed by atoms with Gasteiger partial charge in [0, 0.05) is 0 Å². The third kappa shape index (κ3) is 3.74. The molecule has 0 N–H and O–H groups in total. The quantitative estimate of drug-likeness (QED) is 0.786. The predicted octanol–water partition coefficient (Wildman–Crippen LogP) is 4.63. The zero-order chi connectivity index (χ0) is 13.9. The average molecular weight is 265 g/mol. The predicted molar refractivity (Wildman–Crippen MR) is 67.6 cm³/mol. The minimum atomic E-state index is -4.67. The van der Waals surface area contributed by atoms with Gasteiger partial charge in [0.2, 0.25) is 0 Å². The second-order valence-electron chi connectivity index (χ2n) is 4.03. The van der Waals surface area contributed by atoms with Crippen LogP contribution in [-0.4, -0.2) is 6.36 Å². The first-order chi connectivity index (χ1) is 8.98. The number of halogens is 3. The molecular weight excluding hydrogens is 253 g/mol. The van der Waals surface area contributed by atoms with Crippen molar-refractivity contribution < 1.29 is 17.9 Å². The van der Waals surface area contributed by atoms with Gasteiger partial charge in [0.15, 0.2) is 0 Å². The largest absolute Gasteiger partial charge is 0.573 e. The van der Waals surface area contributed by atoms with Crippen molar-refractivity contribution in [2.24, 2.45) is 0 Å². The van der Waals surface area contributed by atoms with Crippen molar-refractivity contribution in [3.8, 4) is 16.9 Å². The van der Waals surface area contributed by atoms with E-state index in [1.165, 1.54) is 18.2 Å². The second kappa shape index (κ2) is 5.34. The Balaban J connectivity index is 2.32. The van der Waals surface area contributed by atoms with Gasteiger partial charge >= 0.3 is 6.36 Å². The van der Waals surface area contributed by atoms with Crippen LogP contribution in [0.1, 0.15) is 5.56 Å². The molecule has 0 heterocycles. The number of hydrogen-bond donors (Lipinski definition) is 0. The van der Waals surface area contributed by atoms with Crippen molar-refractivity contribution in [3.05, 3.63) is 61.0 Å². The Morgan fingerprint density at radius 2 is 1.58 bits per heavy atom. The lowest BCUT2D eigenvalue weighted by molar-refractivity contribution is -0.274. The Bertz CT molecular complexity index is 561. The Hall–Kier alpha value is -1.97. The number of rotatable bonds is 3. The van der Waals surface area contributed by atoms with Gasteiger partial charge in [-0.1, -0.05) is 36.4 Å². The Morgan fingerprint density at radius 3 is 2.21 bits per heavy atom. The zero-order valence-corrected chi connectivity index (χ0v) is 10.1. The first kappa shape index (κ1) is 13.5. The van der Waals surface area contributed by atoms with E-state index >= 15 is 0 Å². The summed E-state index contributed by atoms with van der Waals surface area (Å²) >= 11 is 0. The summed E-state index contributed by atoms with van der Waals surface area (Å²) < 4.78 is 40.4. The monoisotopic (exact) mass is 265 g/mol. The summed E-state index contributed by atoms with van der Waals surface area (Å²) in [6, 6.07) is 13.4.